The summed E-state index contributed by atoms with van der Waals surface area (Å²) in [6.07, 6.45) is 6.71. The van der Waals surface area contributed by atoms with E-state index in [2.05, 4.69) is 77.3 Å². The van der Waals surface area contributed by atoms with Crippen LogP contribution in [-0.4, -0.2) is 76.5 Å². The van der Waals surface area contributed by atoms with Gasteiger partial charge in [0.05, 0.1) is 17.6 Å². The van der Waals surface area contributed by atoms with E-state index in [9.17, 15) is 18.6 Å². The molecule has 0 aliphatic rings. The standard InChI is InChI=1S/C17H26O3S.C17H26O2S.C8H8.C7H12O2S/c1-4-15(16-9-7-6-8-10-16)13-14(3)17(18)20-11-12-21(19)5-2;1-4-15(16-9-7-6-8-10-16)13-14(3)17(18)19-11-12-20-5-2;1-2-8-6-4-3-5-7-8;1-3-7(8)9-5-6-10-4-2/h6-10,14-15H,4-5,11-13H2,1-3H3;6-10,14-15H,4-5,11-13H2,1-3H3;2-7H,1H2;3H,1,4-6H2,2H3. The highest BCUT2D eigenvalue weighted by atomic mass is 32.2. The highest BCUT2D eigenvalue weighted by Gasteiger charge is 2.21. The first-order valence-electron chi connectivity index (χ1n) is 20.9. The molecule has 328 valence electrons. The number of rotatable bonds is 24. The molecule has 0 amide bonds. The van der Waals surface area contributed by atoms with Crippen LogP contribution in [-0.2, 0) is 39.4 Å². The molecule has 3 rings (SSSR count). The molecule has 5 unspecified atom stereocenters. The van der Waals surface area contributed by atoms with Crippen LogP contribution in [0.15, 0.2) is 110 Å². The van der Waals surface area contributed by atoms with Crippen molar-refractivity contribution in [2.24, 2.45) is 11.8 Å². The lowest BCUT2D eigenvalue weighted by Gasteiger charge is -2.19. The minimum atomic E-state index is -0.876. The summed E-state index contributed by atoms with van der Waals surface area (Å²) in [5, 5.41) is 0. The molecule has 0 bridgehead atoms. The third kappa shape index (κ3) is 28.5. The maximum atomic E-state index is 12.0. The Bertz CT molecular complexity index is 1540. The minimum Gasteiger partial charge on any atom is -0.465 e. The Labute approximate surface area is 368 Å². The van der Waals surface area contributed by atoms with Gasteiger partial charge in [0.1, 0.15) is 19.8 Å². The molecule has 7 nitrogen and oxygen atoms in total. The lowest BCUT2D eigenvalue weighted by molar-refractivity contribution is -0.148. The third-order valence-corrected chi connectivity index (χ3v) is 12.0. The van der Waals surface area contributed by atoms with Gasteiger partial charge < -0.3 is 14.2 Å². The van der Waals surface area contributed by atoms with E-state index in [0.29, 0.717) is 36.6 Å². The molecular weight excluding hydrogens is 797 g/mol. The fraction of sp³-hybridized carbons (Fsp3) is 0.490. The van der Waals surface area contributed by atoms with Gasteiger partial charge in [0.25, 0.3) is 0 Å². The van der Waals surface area contributed by atoms with Gasteiger partial charge in [-0.25, -0.2) is 4.79 Å². The van der Waals surface area contributed by atoms with Crippen molar-refractivity contribution in [1.82, 2.24) is 0 Å². The van der Waals surface area contributed by atoms with E-state index in [4.69, 9.17) is 14.2 Å². The molecule has 10 heteroatoms. The zero-order chi connectivity index (χ0) is 44.1. The van der Waals surface area contributed by atoms with Gasteiger partial charge >= 0.3 is 17.9 Å². The van der Waals surface area contributed by atoms with Crippen molar-refractivity contribution in [2.45, 2.75) is 86.0 Å². The van der Waals surface area contributed by atoms with Crippen LogP contribution < -0.4 is 0 Å². The molecule has 0 aliphatic heterocycles. The van der Waals surface area contributed by atoms with Crippen molar-refractivity contribution < 1.29 is 32.8 Å². The molecule has 0 fully saturated rings. The van der Waals surface area contributed by atoms with Gasteiger partial charge in [-0.3, -0.25) is 13.8 Å². The van der Waals surface area contributed by atoms with Crippen LogP contribution in [0.1, 0.15) is 103 Å². The van der Waals surface area contributed by atoms with Crippen LogP contribution in [0.25, 0.3) is 6.08 Å². The maximum Gasteiger partial charge on any atom is 0.330 e. The van der Waals surface area contributed by atoms with Crippen LogP contribution in [0, 0.1) is 11.8 Å². The first-order chi connectivity index (χ1) is 28.5. The summed E-state index contributed by atoms with van der Waals surface area (Å²) in [7, 11) is -0.876. The first-order valence-corrected chi connectivity index (χ1v) is 24.7. The van der Waals surface area contributed by atoms with Gasteiger partial charge in [-0.15, -0.1) is 0 Å². The lowest BCUT2D eigenvalue weighted by atomic mass is 9.88. The monoisotopic (exact) mass is 868 g/mol. The number of carbonyl (C=O) groups is 3. The van der Waals surface area contributed by atoms with Crippen LogP contribution >= 0.6 is 23.5 Å². The molecule has 0 aliphatic carbocycles. The van der Waals surface area contributed by atoms with Gasteiger partial charge in [-0.1, -0.05) is 159 Å². The summed E-state index contributed by atoms with van der Waals surface area (Å²) in [5.41, 5.74) is 3.76. The van der Waals surface area contributed by atoms with Gasteiger partial charge in [0.15, 0.2) is 0 Å². The van der Waals surface area contributed by atoms with E-state index in [-0.39, 0.29) is 36.4 Å². The van der Waals surface area contributed by atoms with E-state index >= 15 is 0 Å². The maximum absolute atomic E-state index is 12.0. The van der Waals surface area contributed by atoms with Crippen molar-refractivity contribution in [3.05, 3.63) is 127 Å². The SMILES string of the molecule is C=CC(=O)OCCSCC.C=Cc1ccccc1.CCC(CC(C)C(=O)OCCS(=O)CC)c1ccccc1.CCSCCOC(=O)C(C)CC(CC)c1ccccc1. The van der Waals surface area contributed by atoms with Crippen molar-refractivity contribution in [1.29, 1.82) is 0 Å². The normalized spacial score (nSPS) is 12.7. The summed E-state index contributed by atoms with van der Waals surface area (Å²) in [6.45, 7) is 22.4. The number of ether oxygens (including phenoxy) is 3. The lowest BCUT2D eigenvalue weighted by Crippen LogP contribution is -2.20. The molecule has 0 aromatic heterocycles. The number of carbonyl (C=O) groups excluding carboxylic acids is 3. The summed E-state index contributed by atoms with van der Waals surface area (Å²) < 4.78 is 26.6. The number of thioether (sulfide) groups is 2. The molecule has 3 aromatic rings. The highest BCUT2D eigenvalue weighted by Crippen LogP contribution is 2.28. The summed E-state index contributed by atoms with van der Waals surface area (Å²) in [4.78, 5) is 34.4. The predicted molar refractivity (Wildman–Crippen MR) is 256 cm³/mol. The van der Waals surface area contributed by atoms with Crippen molar-refractivity contribution in [3.8, 4) is 0 Å². The van der Waals surface area contributed by atoms with Crippen LogP contribution in [0.3, 0.4) is 0 Å². The fourth-order valence-corrected chi connectivity index (χ4v) is 7.11. The number of esters is 3. The molecule has 3 aromatic carbocycles. The number of hydrogen-bond acceptors (Lipinski definition) is 9. The zero-order valence-electron chi connectivity index (χ0n) is 36.8. The summed E-state index contributed by atoms with van der Waals surface area (Å²) in [6, 6.07) is 30.7. The largest absolute Gasteiger partial charge is 0.465 e. The van der Waals surface area contributed by atoms with E-state index in [1.165, 1.54) is 22.8 Å². The smallest absolute Gasteiger partial charge is 0.330 e. The second kappa shape index (κ2) is 37.4. The van der Waals surface area contributed by atoms with Crippen molar-refractivity contribution >= 4 is 58.3 Å². The molecular formula is C49H72O7S3. The Hall–Kier alpha value is -3.60. The van der Waals surface area contributed by atoms with E-state index in [1.807, 2.05) is 81.4 Å². The van der Waals surface area contributed by atoms with Crippen molar-refractivity contribution in [3.63, 3.8) is 0 Å². The van der Waals surface area contributed by atoms with Crippen LogP contribution in [0.2, 0.25) is 0 Å². The molecule has 0 saturated heterocycles. The second-order valence-electron chi connectivity index (χ2n) is 13.5. The average molecular weight is 869 g/mol. The first kappa shape index (κ1) is 55.4. The van der Waals surface area contributed by atoms with Gasteiger partial charge in [0.2, 0.25) is 0 Å². The second-order valence-corrected chi connectivity index (χ2v) is 18.1. The Balaban J connectivity index is 0.000000815. The Kier molecular flexibility index (Phi) is 35.1. The van der Waals surface area contributed by atoms with E-state index in [0.717, 1.165) is 48.7 Å². The number of hydrogen-bond donors (Lipinski definition) is 0. The Morgan fingerprint density at radius 2 is 1.03 bits per heavy atom. The quantitative estimate of drug-likeness (QED) is 0.0377. The number of benzene rings is 3. The Morgan fingerprint density at radius 1 is 0.627 bits per heavy atom. The molecule has 59 heavy (non-hydrogen) atoms. The highest BCUT2D eigenvalue weighted by molar-refractivity contribution is 7.99. The molecule has 0 radical (unpaired) electrons. The van der Waals surface area contributed by atoms with Gasteiger partial charge in [-0.2, -0.15) is 23.5 Å². The zero-order valence-corrected chi connectivity index (χ0v) is 39.3. The molecule has 0 saturated carbocycles. The van der Waals surface area contributed by atoms with Crippen LogP contribution in [0.5, 0.6) is 0 Å². The van der Waals surface area contributed by atoms with E-state index in [1.54, 1.807) is 23.5 Å². The fourth-order valence-electron chi connectivity index (χ4n) is 5.58. The van der Waals surface area contributed by atoms with Crippen LogP contribution in [0.4, 0.5) is 0 Å². The third-order valence-electron chi connectivity index (χ3n) is 9.04. The van der Waals surface area contributed by atoms with Crippen molar-refractivity contribution in [2.75, 3.05) is 54.3 Å². The average Bonchev–Trinajstić information content (AvgIpc) is 3.28. The summed E-state index contributed by atoms with van der Waals surface area (Å²) in [5.74, 6) is 5.00. The molecule has 5 atom stereocenters. The predicted octanol–water partition coefficient (Wildman–Crippen LogP) is 11.8. The summed E-state index contributed by atoms with van der Waals surface area (Å²) >= 11 is 3.55. The van der Waals surface area contributed by atoms with E-state index < -0.39 is 10.8 Å². The molecule has 0 spiro atoms. The van der Waals surface area contributed by atoms with Gasteiger partial charge in [0, 0.05) is 34.1 Å². The topological polar surface area (TPSA) is 96.0 Å². The molecule has 0 N–H and O–H groups in total. The minimum absolute atomic E-state index is 0.0354. The molecule has 0 heterocycles. The Morgan fingerprint density at radius 3 is 1.39 bits per heavy atom. The van der Waals surface area contributed by atoms with Gasteiger partial charge in [-0.05, 0) is 65.7 Å².